The topological polar surface area (TPSA) is 131 Å². The van der Waals surface area contributed by atoms with Crippen LogP contribution in [0.3, 0.4) is 0 Å². The number of nitrogens with zero attached hydrogens (tertiary/aromatic N) is 1. The Balaban J connectivity index is 2.36. The van der Waals surface area contributed by atoms with Gasteiger partial charge in [0.15, 0.2) is 0 Å². The van der Waals surface area contributed by atoms with Gasteiger partial charge in [-0.05, 0) is 17.7 Å². The van der Waals surface area contributed by atoms with Crippen molar-refractivity contribution in [2.45, 2.75) is 13.5 Å². The van der Waals surface area contributed by atoms with Crippen LogP contribution in [0, 0.1) is 0 Å². The highest BCUT2D eigenvalue weighted by Gasteiger charge is 2.22. The van der Waals surface area contributed by atoms with E-state index in [9.17, 15) is 22.8 Å². The van der Waals surface area contributed by atoms with Crippen LogP contribution in [0.25, 0.3) is 0 Å². The minimum atomic E-state index is -3.79. The first-order valence-electron chi connectivity index (χ1n) is 7.94. The van der Waals surface area contributed by atoms with Gasteiger partial charge in [0, 0.05) is 14.0 Å². The molecule has 0 aliphatic rings. The number of amides is 3. The van der Waals surface area contributed by atoms with Crippen LogP contribution in [0.1, 0.15) is 12.5 Å². The summed E-state index contributed by atoms with van der Waals surface area (Å²) in [5.41, 5.74) is 0.782. The number of ether oxygens (including phenoxy) is 2. The molecule has 0 aliphatic carbocycles. The number of sulfonamides is 1. The minimum absolute atomic E-state index is 0.128. The Kier molecular flexibility index (Phi) is 8.52. The Morgan fingerprint density at radius 1 is 1.15 bits per heavy atom. The highest BCUT2D eigenvalue weighted by atomic mass is 32.2. The predicted molar refractivity (Wildman–Crippen MR) is 96.4 cm³/mol. The maximum Gasteiger partial charge on any atom is 0.407 e. The molecule has 0 saturated heterocycles. The Hall–Kier alpha value is -2.82. The molecule has 0 fully saturated rings. The second-order valence-corrected chi connectivity index (χ2v) is 7.36. The van der Waals surface area contributed by atoms with E-state index in [2.05, 4.69) is 10.6 Å². The van der Waals surface area contributed by atoms with Crippen molar-refractivity contribution in [3.8, 4) is 5.75 Å². The summed E-state index contributed by atoms with van der Waals surface area (Å²) in [7, 11) is -2.32. The molecule has 0 unspecified atom stereocenters. The molecule has 27 heavy (non-hydrogen) atoms. The van der Waals surface area contributed by atoms with E-state index >= 15 is 0 Å². The molecule has 0 atom stereocenters. The molecule has 0 saturated carbocycles. The van der Waals surface area contributed by atoms with Gasteiger partial charge < -0.3 is 20.1 Å². The molecular weight excluding hydrogens is 378 g/mol. The molecule has 2 N–H and O–H groups in total. The largest absolute Gasteiger partial charge is 0.492 e. The maximum atomic E-state index is 11.7. The van der Waals surface area contributed by atoms with Crippen molar-refractivity contribution in [1.29, 1.82) is 0 Å². The van der Waals surface area contributed by atoms with E-state index in [0.29, 0.717) is 10.1 Å². The number of rotatable bonds is 9. The standard InChI is InChI=1S/C16H23N3O7S/c1-12(20)19(27(3,23)24)10-15(21)18-8-9-25-14-6-4-13(5-7-14)11-26-16(22)17-2/h4-7H,8-11H2,1-3H3,(H,17,22)(H,18,21). The van der Waals surface area contributed by atoms with Crippen LogP contribution in [0.2, 0.25) is 0 Å². The van der Waals surface area contributed by atoms with Crippen LogP contribution in [-0.4, -0.2) is 63.6 Å². The Labute approximate surface area is 157 Å². The molecular formula is C16H23N3O7S. The van der Waals surface area contributed by atoms with Crippen LogP contribution < -0.4 is 15.4 Å². The monoisotopic (exact) mass is 401 g/mol. The summed E-state index contributed by atoms with van der Waals surface area (Å²) >= 11 is 0. The smallest absolute Gasteiger partial charge is 0.407 e. The number of alkyl carbamates (subject to hydrolysis) is 1. The lowest BCUT2D eigenvalue weighted by atomic mass is 10.2. The van der Waals surface area contributed by atoms with Gasteiger partial charge in [-0.3, -0.25) is 9.59 Å². The molecule has 3 amide bonds. The molecule has 0 spiro atoms. The van der Waals surface area contributed by atoms with E-state index in [1.807, 2.05) is 0 Å². The first-order chi connectivity index (χ1) is 12.6. The quantitative estimate of drug-likeness (QED) is 0.550. The fraction of sp³-hybridized carbons (Fsp3) is 0.438. The van der Waals surface area contributed by atoms with Crippen molar-refractivity contribution < 1.29 is 32.3 Å². The Morgan fingerprint density at radius 3 is 2.30 bits per heavy atom. The van der Waals surface area contributed by atoms with E-state index in [0.717, 1.165) is 18.7 Å². The summed E-state index contributed by atoms with van der Waals surface area (Å²) in [6.07, 6.45) is 0.332. The summed E-state index contributed by atoms with van der Waals surface area (Å²) in [5, 5.41) is 4.81. The SMILES string of the molecule is CNC(=O)OCc1ccc(OCCNC(=O)CN(C(C)=O)S(C)(=O)=O)cc1. The van der Waals surface area contributed by atoms with E-state index in [4.69, 9.17) is 9.47 Å². The van der Waals surface area contributed by atoms with Gasteiger partial charge in [-0.15, -0.1) is 0 Å². The van der Waals surface area contributed by atoms with Crippen molar-refractivity contribution in [1.82, 2.24) is 14.9 Å². The molecule has 1 rings (SSSR count). The number of benzene rings is 1. The lowest BCUT2D eigenvalue weighted by molar-refractivity contribution is -0.129. The first-order valence-corrected chi connectivity index (χ1v) is 9.79. The summed E-state index contributed by atoms with van der Waals surface area (Å²) in [6, 6.07) is 6.83. The zero-order valence-electron chi connectivity index (χ0n) is 15.4. The lowest BCUT2D eigenvalue weighted by Gasteiger charge is -2.17. The van der Waals surface area contributed by atoms with Gasteiger partial charge in [-0.1, -0.05) is 12.1 Å². The molecule has 0 heterocycles. The Morgan fingerprint density at radius 2 is 1.78 bits per heavy atom. The van der Waals surface area contributed by atoms with Crippen molar-refractivity contribution in [2.75, 3.05) is 33.0 Å². The summed E-state index contributed by atoms with van der Waals surface area (Å²) in [5.74, 6) is -0.792. The fourth-order valence-corrected chi connectivity index (χ4v) is 2.73. The molecule has 0 aromatic heterocycles. The average molecular weight is 401 g/mol. The van der Waals surface area contributed by atoms with Crippen molar-refractivity contribution in [2.24, 2.45) is 0 Å². The summed E-state index contributed by atoms with van der Waals surface area (Å²) in [4.78, 5) is 34.0. The molecule has 0 bridgehead atoms. The normalized spacial score (nSPS) is 10.6. The van der Waals surface area contributed by atoms with Crippen molar-refractivity contribution >= 4 is 27.9 Å². The van der Waals surface area contributed by atoms with Gasteiger partial charge in [0.1, 0.15) is 25.5 Å². The zero-order chi connectivity index (χ0) is 20.4. The molecule has 10 nitrogen and oxygen atoms in total. The zero-order valence-corrected chi connectivity index (χ0v) is 16.2. The van der Waals surface area contributed by atoms with E-state index in [1.54, 1.807) is 24.3 Å². The van der Waals surface area contributed by atoms with Crippen LogP contribution in [-0.2, 0) is 31.0 Å². The van der Waals surface area contributed by atoms with Gasteiger partial charge in [0.05, 0.1) is 12.8 Å². The molecule has 11 heteroatoms. The third kappa shape index (κ3) is 8.40. The van der Waals surface area contributed by atoms with Gasteiger partial charge in [-0.25, -0.2) is 17.5 Å². The van der Waals surface area contributed by atoms with Crippen LogP contribution in [0.15, 0.2) is 24.3 Å². The van der Waals surface area contributed by atoms with Crippen molar-refractivity contribution in [3.63, 3.8) is 0 Å². The average Bonchev–Trinajstić information content (AvgIpc) is 2.61. The lowest BCUT2D eigenvalue weighted by Crippen LogP contribution is -2.43. The van der Waals surface area contributed by atoms with Gasteiger partial charge in [0.2, 0.25) is 21.8 Å². The first kappa shape index (κ1) is 22.2. The van der Waals surface area contributed by atoms with Gasteiger partial charge >= 0.3 is 6.09 Å². The summed E-state index contributed by atoms with van der Waals surface area (Å²) < 4.78 is 33.7. The number of hydrogen-bond donors (Lipinski definition) is 2. The van der Waals surface area contributed by atoms with Crippen LogP contribution in [0.4, 0.5) is 4.79 Å². The second kappa shape index (κ2) is 10.4. The minimum Gasteiger partial charge on any atom is -0.492 e. The highest BCUT2D eigenvalue weighted by molar-refractivity contribution is 7.88. The molecule has 0 radical (unpaired) electrons. The molecule has 1 aromatic rings. The van der Waals surface area contributed by atoms with Crippen LogP contribution >= 0.6 is 0 Å². The number of carbonyl (C=O) groups excluding carboxylic acids is 3. The molecule has 0 aliphatic heterocycles. The Bertz CT molecular complexity index is 763. The van der Waals surface area contributed by atoms with Gasteiger partial charge in [0.25, 0.3) is 0 Å². The van der Waals surface area contributed by atoms with E-state index in [-0.39, 0.29) is 19.8 Å². The summed E-state index contributed by atoms with van der Waals surface area (Å²) in [6.45, 7) is 0.909. The number of nitrogens with one attached hydrogen (secondary N) is 2. The van der Waals surface area contributed by atoms with Crippen molar-refractivity contribution in [3.05, 3.63) is 29.8 Å². The number of hydrogen-bond acceptors (Lipinski definition) is 7. The van der Waals surface area contributed by atoms with E-state index < -0.39 is 34.5 Å². The fourth-order valence-electron chi connectivity index (χ4n) is 1.91. The predicted octanol–water partition coefficient (Wildman–Crippen LogP) is -0.154. The van der Waals surface area contributed by atoms with E-state index in [1.165, 1.54) is 7.05 Å². The maximum absolute atomic E-state index is 11.7. The highest BCUT2D eigenvalue weighted by Crippen LogP contribution is 2.12. The van der Waals surface area contributed by atoms with Crippen LogP contribution in [0.5, 0.6) is 5.75 Å². The second-order valence-electron chi connectivity index (χ2n) is 5.46. The third-order valence-electron chi connectivity index (χ3n) is 3.23. The number of carbonyl (C=O) groups is 3. The van der Waals surface area contributed by atoms with Gasteiger partial charge in [-0.2, -0.15) is 0 Å². The molecule has 150 valence electrons. The molecule has 1 aromatic carbocycles. The third-order valence-corrected chi connectivity index (χ3v) is 4.42.